The number of aliphatic hydroxyl groups is 1. The van der Waals surface area contributed by atoms with E-state index in [-0.39, 0.29) is 5.75 Å². The summed E-state index contributed by atoms with van der Waals surface area (Å²) in [6.07, 6.45) is -0.819. The first-order valence-corrected chi connectivity index (χ1v) is 5.91. The predicted molar refractivity (Wildman–Crippen MR) is 70.1 cm³/mol. The summed E-state index contributed by atoms with van der Waals surface area (Å²) in [5.41, 5.74) is 0.394. The minimum atomic E-state index is -0.819. The van der Waals surface area contributed by atoms with Crippen molar-refractivity contribution in [2.24, 2.45) is 0 Å². The number of ether oxygens (including phenoxy) is 2. The Kier molecular flexibility index (Phi) is 4.02. The van der Waals surface area contributed by atoms with Gasteiger partial charge < -0.3 is 14.6 Å². The van der Waals surface area contributed by atoms with Crippen LogP contribution in [0.5, 0.6) is 17.2 Å². The van der Waals surface area contributed by atoms with Gasteiger partial charge in [0, 0.05) is 5.56 Å². The number of benzene rings is 2. The lowest BCUT2D eigenvalue weighted by Gasteiger charge is -2.15. The molecule has 0 bridgehead atoms. The zero-order valence-corrected chi connectivity index (χ0v) is 10.8. The van der Waals surface area contributed by atoms with E-state index in [1.54, 1.807) is 37.3 Å². The number of para-hydroxylation sites is 3. The summed E-state index contributed by atoms with van der Waals surface area (Å²) in [5, 5.41) is 9.66. The topological polar surface area (TPSA) is 38.7 Å². The molecule has 2 aromatic rings. The standard InChI is InChI=1S/C15H15FO3/c1-10(17)11-6-5-7-12(16)15(11)19-14-9-4-3-8-13(14)18-2/h3-10,17H,1-2H3/t10-/m0/s1. The number of halogens is 1. The molecule has 2 rings (SSSR count). The van der Waals surface area contributed by atoms with Crippen LogP contribution in [0.4, 0.5) is 4.39 Å². The fourth-order valence-corrected chi connectivity index (χ4v) is 1.78. The third kappa shape index (κ3) is 2.85. The second-order valence-corrected chi connectivity index (χ2v) is 4.09. The Bertz CT molecular complexity index is 567. The van der Waals surface area contributed by atoms with Crippen LogP contribution in [0.2, 0.25) is 0 Å². The lowest BCUT2D eigenvalue weighted by Crippen LogP contribution is -1.99. The molecule has 0 aliphatic rings. The van der Waals surface area contributed by atoms with E-state index >= 15 is 0 Å². The maximum Gasteiger partial charge on any atom is 0.169 e. The molecule has 0 saturated heterocycles. The summed E-state index contributed by atoms with van der Waals surface area (Å²) in [5.74, 6) is 0.394. The van der Waals surface area contributed by atoms with Gasteiger partial charge in [0.2, 0.25) is 0 Å². The number of aliphatic hydroxyl groups excluding tert-OH is 1. The normalized spacial score (nSPS) is 12.0. The molecule has 0 fully saturated rings. The highest BCUT2D eigenvalue weighted by Gasteiger charge is 2.16. The molecule has 0 amide bonds. The largest absolute Gasteiger partial charge is 0.493 e. The van der Waals surface area contributed by atoms with Gasteiger partial charge in [-0.2, -0.15) is 0 Å². The molecular weight excluding hydrogens is 247 g/mol. The Morgan fingerprint density at radius 2 is 1.74 bits per heavy atom. The van der Waals surface area contributed by atoms with Crippen LogP contribution in [0, 0.1) is 5.82 Å². The van der Waals surface area contributed by atoms with E-state index in [4.69, 9.17) is 9.47 Å². The molecule has 3 nitrogen and oxygen atoms in total. The molecule has 2 aromatic carbocycles. The zero-order valence-electron chi connectivity index (χ0n) is 10.8. The average molecular weight is 262 g/mol. The highest BCUT2D eigenvalue weighted by atomic mass is 19.1. The third-order valence-corrected chi connectivity index (χ3v) is 2.73. The highest BCUT2D eigenvalue weighted by molar-refractivity contribution is 5.45. The Labute approximate surface area is 111 Å². The van der Waals surface area contributed by atoms with Gasteiger partial charge in [0.25, 0.3) is 0 Å². The quantitative estimate of drug-likeness (QED) is 0.913. The summed E-state index contributed by atoms with van der Waals surface area (Å²) >= 11 is 0. The zero-order chi connectivity index (χ0) is 13.8. The van der Waals surface area contributed by atoms with Crippen LogP contribution >= 0.6 is 0 Å². The summed E-state index contributed by atoms with van der Waals surface area (Å²) in [4.78, 5) is 0. The summed E-state index contributed by atoms with van der Waals surface area (Å²) in [6.45, 7) is 1.56. The number of methoxy groups -OCH3 is 1. The van der Waals surface area contributed by atoms with Crippen molar-refractivity contribution in [2.75, 3.05) is 7.11 Å². The van der Waals surface area contributed by atoms with Gasteiger partial charge in [0.05, 0.1) is 13.2 Å². The Morgan fingerprint density at radius 1 is 1.05 bits per heavy atom. The molecule has 0 unspecified atom stereocenters. The molecule has 1 N–H and O–H groups in total. The fraction of sp³-hybridized carbons (Fsp3) is 0.200. The predicted octanol–water partition coefficient (Wildman–Crippen LogP) is 3.68. The highest BCUT2D eigenvalue weighted by Crippen LogP contribution is 2.36. The number of hydrogen-bond acceptors (Lipinski definition) is 3. The fourth-order valence-electron chi connectivity index (χ4n) is 1.78. The molecule has 0 aliphatic heterocycles. The molecule has 0 heterocycles. The van der Waals surface area contributed by atoms with E-state index < -0.39 is 11.9 Å². The van der Waals surface area contributed by atoms with E-state index in [1.165, 1.54) is 19.2 Å². The van der Waals surface area contributed by atoms with Crippen molar-refractivity contribution in [1.82, 2.24) is 0 Å². The van der Waals surface area contributed by atoms with E-state index in [1.807, 2.05) is 0 Å². The third-order valence-electron chi connectivity index (χ3n) is 2.73. The van der Waals surface area contributed by atoms with Gasteiger partial charge in [-0.15, -0.1) is 0 Å². The van der Waals surface area contributed by atoms with Gasteiger partial charge in [-0.1, -0.05) is 24.3 Å². The van der Waals surface area contributed by atoms with E-state index in [9.17, 15) is 9.50 Å². The Balaban J connectivity index is 2.43. The van der Waals surface area contributed by atoms with E-state index in [0.717, 1.165) is 0 Å². The molecule has 0 saturated carbocycles. The minimum Gasteiger partial charge on any atom is -0.493 e. The van der Waals surface area contributed by atoms with Gasteiger partial charge >= 0.3 is 0 Å². The molecule has 19 heavy (non-hydrogen) atoms. The molecule has 1 atom stereocenters. The van der Waals surface area contributed by atoms with Crippen molar-refractivity contribution < 1.29 is 19.0 Å². The van der Waals surface area contributed by atoms with Crippen molar-refractivity contribution in [2.45, 2.75) is 13.0 Å². The van der Waals surface area contributed by atoms with Crippen LogP contribution in [0.1, 0.15) is 18.6 Å². The first kappa shape index (κ1) is 13.4. The average Bonchev–Trinajstić information content (AvgIpc) is 2.41. The molecule has 0 spiro atoms. The van der Waals surface area contributed by atoms with Crippen LogP contribution in [-0.4, -0.2) is 12.2 Å². The maximum absolute atomic E-state index is 13.9. The molecule has 100 valence electrons. The van der Waals surface area contributed by atoms with Gasteiger partial charge in [0.15, 0.2) is 23.1 Å². The van der Waals surface area contributed by atoms with Gasteiger partial charge in [0.1, 0.15) is 0 Å². The van der Waals surface area contributed by atoms with Crippen molar-refractivity contribution in [3.63, 3.8) is 0 Å². The second kappa shape index (κ2) is 5.71. The summed E-state index contributed by atoms with van der Waals surface area (Å²) in [6, 6.07) is 11.4. The number of hydrogen-bond donors (Lipinski definition) is 1. The SMILES string of the molecule is COc1ccccc1Oc1c(F)cccc1[C@H](C)O. The van der Waals surface area contributed by atoms with E-state index in [0.29, 0.717) is 17.1 Å². The monoisotopic (exact) mass is 262 g/mol. The second-order valence-electron chi connectivity index (χ2n) is 4.09. The molecule has 0 aliphatic carbocycles. The Hall–Kier alpha value is -2.07. The van der Waals surface area contributed by atoms with Gasteiger partial charge in [-0.25, -0.2) is 4.39 Å². The van der Waals surface area contributed by atoms with Crippen molar-refractivity contribution in [1.29, 1.82) is 0 Å². The molecule has 0 radical (unpaired) electrons. The smallest absolute Gasteiger partial charge is 0.169 e. The summed E-state index contributed by atoms with van der Waals surface area (Å²) in [7, 11) is 1.51. The molecular formula is C15H15FO3. The van der Waals surface area contributed by atoms with Crippen molar-refractivity contribution in [3.05, 3.63) is 53.8 Å². The van der Waals surface area contributed by atoms with Gasteiger partial charge in [-0.05, 0) is 25.1 Å². The van der Waals surface area contributed by atoms with Gasteiger partial charge in [-0.3, -0.25) is 0 Å². The van der Waals surface area contributed by atoms with E-state index in [2.05, 4.69) is 0 Å². The van der Waals surface area contributed by atoms with Crippen LogP contribution in [0.3, 0.4) is 0 Å². The van der Waals surface area contributed by atoms with Crippen LogP contribution in [0.15, 0.2) is 42.5 Å². The molecule has 0 aromatic heterocycles. The lowest BCUT2D eigenvalue weighted by atomic mass is 10.1. The van der Waals surface area contributed by atoms with Crippen LogP contribution in [-0.2, 0) is 0 Å². The maximum atomic E-state index is 13.9. The van der Waals surface area contributed by atoms with Crippen LogP contribution < -0.4 is 9.47 Å². The first-order valence-electron chi connectivity index (χ1n) is 5.91. The van der Waals surface area contributed by atoms with Crippen molar-refractivity contribution in [3.8, 4) is 17.2 Å². The number of rotatable bonds is 4. The molecule has 4 heteroatoms. The van der Waals surface area contributed by atoms with Crippen LogP contribution in [0.25, 0.3) is 0 Å². The lowest BCUT2D eigenvalue weighted by molar-refractivity contribution is 0.194. The minimum absolute atomic E-state index is 0.0157. The first-order chi connectivity index (χ1) is 9.13. The summed E-state index contributed by atoms with van der Waals surface area (Å²) < 4.78 is 24.6. The van der Waals surface area contributed by atoms with Crippen molar-refractivity contribution >= 4 is 0 Å². The Morgan fingerprint density at radius 3 is 2.37 bits per heavy atom.